The molecule has 2 aromatic heterocycles. The number of pyridine rings is 1. The average Bonchev–Trinajstić information content (AvgIpc) is 2.61. The van der Waals surface area contributed by atoms with Gasteiger partial charge in [-0.3, -0.25) is 4.79 Å². The van der Waals surface area contributed by atoms with E-state index in [0.29, 0.717) is 16.2 Å². The number of nitrogens with zero attached hydrogens (tertiary/aromatic N) is 4. The highest BCUT2D eigenvalue weighted by atomic mass is 35.5. The summed E-state index contributed by atoms with van der Waals surface area (Å²) in [6.45, 7) is 5.76. The molecule has 138 valence electrons. The first-order valence-electron chi connectivity index (χ1n) is 8.46. The number of benzene rings is 1. The minimum absolute atomic E-state index is 0.0650. The Bertz CT molecular complexity index is 1120. The number of anilines is 2. The molecule has 3 aromatic rings. The predicted octanol–water partition coefficient (Wildman–Crippen LogP) is 3.65. The van der Waals surface area contributed by atoms with E-state index >= 15 is 0 Å². The van der Waals surface area contributed by atoms with Crippen molar-refractivity contribution in [3.05, 3.63) is 57.1 Å². The summed E-state index contributed by atoms with van der Waals surface area (Å²) in [5.74, 6) is 0.390. The van der Waals surface area contributed by atoms with Crippen LogP contribution in [0.2, 0.25) is 5.02 Å². The maximum atomic E-state index is 13.1. The van der Waals surface area contributed by atoms with Crippen LogP contribution in [0.1, 0.15) is 44.1 Å². The summed E-state index contributed by atoms with van der Waals surface area (Å²) >= 11 is 6.26. The van der Waals surface area contributed by atoms with Crippen LogP contribution in [0.5, 0.6) is 0 Å². The molecule has 0 bridgehead atoms. The van der Waals surface area contributed by atoms with Crippen molar-refractivity contribution in [2.75, 3.05) is 11.1 Å². The number of nitrogen functional groups attached to an aromatic ring is 1. The lowest BCUT2D eigenvalue weighted by molar-refractivity contribution is 0.541. The fraction of sp³-hybridized carbons (Fsp3) is 0.263. The topological polar surface area (TPSA) is 110 Å². The molecule has 0 spiro atoms. The maximum Gasteiger partial charge on any atom is 0.260 e. The van der Waals surface area contributed by atoms with Gasteiger partial charge in [0.15, 0.2) is 0 Å². The van der Waals surface area contributed by atoms with Gasteiger partial charge in [0, 0.05) is 11.7 Å². The monoisotopic (exact) mass is 382 g/mol. The van der Waals surface area contributed by atoms with Crippen molar-refractivity contribution < 1.29 is 0 Å². The Morgan fingerprint density at radius 1 is 1.33 bits per heavy atom. The quantitative estimate of drug-likeness (QED) is 0.712. The third-order valence-electron chi connectivity index (χ3n) is 4.30. The Hall–Kier alpha value is -3.11. The molecule has 0 radical (unpaired) electrons. The number of nitrogens with one attached hydrogen (secondary N) is 1. The minimum Gasteiger partial charge on any atom is -0.368 e. The summed E-state index contributed by atoms with van der Waals surface area (Å²) in [7, 11) is 0. The standard InChI is InChI=1S/C19H19ClN6O/c1-10(2)26-15(7-12-5-4-6-14(20)16(12)18(26)27)11(3)24-17-13(8-21)9-23-19(22)25-17/h4-7,9-11H,1-3H3,(H3,22,23,24,25)/t11-/m0/s1. The first-order chi connectivity index (χ1) is 12.8. The van der Waals surface area contributed by atoms with E-state index in [1.165, 1.54) is 6.20 Å². The molecular weight excluding hydrogens is 364 g/mol. The normalized spacial score (nSPS) is 12.1. The fourth-order valence-electron chi connectivity index (χ4n) is 3.09. The molecule has 0 saturated carbocycles. The van der Waals surface area contributed by atoms with Gasteiger partial charge < -0.3 is 15.6 Å². The summed E-state index contributed by atoms with van der Waals surface area (Å²) in [4.78, 5) is 21.0. The lowest BCUT2D eigenvalue weighted by Crippen LogP contribution is -2.28. The van der Waals surface area contributed by atoms with Gasteiger partial charge in [0.1, 0.15) is 17.5 Å². The molecule has 3 rings (SSSR count). The third kappa shape index (κ3) is 3.44. The van der Waals surface area contributed by atoms with E-state index in [1.807, 2.05) is 45.0 Å². The van der Waals surface area contributed by atoms with Gasteiger partial charge in [-0.25, -0.2) is 4.98 Å². The molecule has 0 fully saturated rings. The summed E-state index contributed by atoms with van der Waals surface area (Å²) in [6.07, 6.45) is 1.37. The second-order valence-electron chi connectivity index (χ2n) is 6.51. The minimum atomic E-state index is -0.315. The van der Waals surface area contributed by atoms with E-state index in [0.717, 1.165) is 11.1 Å². The molecule has 27 heavy (non-hydrogen) atoms. The summed E-state index contributed by atoms with van der Waals surface area (Å²) in [5, 5.41) is 14.1. The van der Waals surface area contributed by atoms with Gasteiger partial charge in [-0.1, -0.05) is 23.7 Å². The largest absolute Gasteiger partial charge is 0.368 e. The van der Waals surface area contributed by atoms with Crippen molar-refractivity contribution in [2.24, 2.45) is 0 Å². The van der Waals surface area contributed by atoms with E-state index in [4.69, 9.17) is 17.3 Å². The van der Waals surface area contributed by atoms with Crippen molar-refractivity contribution in [1.82, 2.24) is 14.5 Å². The van der Waals surface area contributed by atoms with Crippen LogP contribution in [-0.2, 0) is 0 Å². The van der Waals surface area contributed by atoms with E-state index in [9.17, 15) is 10.1 Å². The van der Waals surface area contributed by atoms with Crippen LogP contribution in [0.15, 0.2) is 35.3 Å². The van der Waals surface area contributed by atoms with E-state index < -0.39 is 0 Å². The number of hydrogen-bond acceptors (Lipinski definition) is 6. The molecular formula is C19H19ClN6O. The van der Waals surface area contributed by atoms with Crippen LogP contribution in [0.4, 0.5) is 11.8 Å². The molecule has 0 saturated heterocycles. The number of nitrogens with two attached hydrogens (primary N) is 1. The van der Waals surface area contributed by atoms with Crippen LogP contribution in [0, 0.1) is 11.3 Å². The molecule has 1 atom stereocenters. The van der Waals surface area contributed by atoms with Crippen molar-refractivity contribution in [3.63, 3.8) is 0 Å². The van der Waals surface area contributed by atoms with Crippen LogP contribution >= 0.6 is 11.6 Å². The molecule has 0 amide bonds. The van der Waals surface area contributed by atoms with Crippen molar-refractivity contribution in [3.8, 4) is 6.07 Å². The Morgan fingerprint density at radius 3 is 2.74 bits per heavy atom. The fourth-order valence-corrected chi connectivity index (χ4v) is 3.35. The summed E-state index contributed by atoms with van der Waals surface area (Å²) < 4.78 is 1.70. The average molecular weight is 383 g/mol. The van der Waals surface area contributed by atoms with Crippen LogP contribution in [-0.4, -0.2) is 14.5 Å². The van der Waals surface area contributed by atoms with Crippen molar-refractivity contribution in [2.45, 2.75) is 32.9 Å². The Labute approximate surface area is 161 Å². The number of rotatable bonds is 4. The zero-order valence-electron chi connectivity index (χ0n) is 15.2. The van der Waals surface area contributed by atoms with Gasteiger partial charge in [-0.2, -0.15) is 10.2 Å². The smallest absolute Gasteiger partial charge is 0.260 e. The maximum absolute atomic E-state index is 13.1. The summed E-state index contributed by atoms with van der Waals surface area (Å²) in [6, 6.07) is 8.94. The Morgan fingerprint density at radius 2 is 2.07 bits per heavy atom. The number of halogens is 1. The lowest BCUT2D eigenvalue weighted by Gasteiger charge is -2.24. The molecule has 8 heteroatoms. The van der Waals surface area contributed by atoms with Crippen LogP contribution < -0.4 is 16.6 Å². The number of nitriles is 1. The molecule has 0 aliphatic heterocycles. The molecule has 2 heterocycles. The summed E-state index contributed by atoms with van der Waals surface area (Å²) in [5.41, 5.74) is 6.53. The van der Waals surface area contributed by atoms with Gasteiger partial charge in [-0.15, -0.1) is 0 Å². The highest BCUT2D eigenvalue weighted by molar-refractivity contribution is 6.35. The van der Waals surface area contributed by atoms with Crippen molar-refractivity contribution in [1.29, 1.82) is 5.26 Å². The molecule has 0 unspecified atom stereocenters. The lowest BCUT2D eigenvalue weighted by atomic mass is 10.1. The number of aromatic nitrogens is 3. The predicted molar refractivity (Wildman–Crippen MR) is 107 cm³/mol. The van der Waals surface area contributed by atoms with Gasteiger partial charge in [0.05, 0.1) is 22.6 Å². The molecule has 0 aliphatic carbocycles. The third-order valence-corrected chi connectivity index (χ3v) is 4.62. The zero-order chi connectivity index (χ0) is 19.7. The molecule has 3 N–H and O–H groups in total. The van der Waals surface area contributed by atoms with Gasteiger partial charge >= 0.3 is 0 Å². The molecule has 7 nitrogen and oxygen atoms in total. The van der Waals surface area contributed by atoms with E-state index in [2.05, 4.69) is 15.3 Å². The second-order valence-corrected chi connectivity index (χ2v) is 6.92. The highest BCUT2D eigenvalue weighted by Crippen LogP contribution is 2.27. The van der Waals surface area contributed by atoms with Crippen molar-refractivity contribution >= 4 is 34.1 Å². The van der Waals surface area contributed by atoms with E-state index in [-0.39, 0.29) is 29.2 Å². The van der Waals surface area contributed by atoms with Gasteiger partial charge in [0.25, 0.3) is 5.56 Å². The highest BCUT2D eigenvalue weighted by Gasteiger charge is 2.19. The number of fused-ring (bicyclic) bond motifs is 1. The number of hydrogen-bond donors (Lipinski definition) is 2. The van der Waals surface area contributed by atoms with Gasteiger partial charge in [0.2, 0.25) is 5.95 Å². The van der Waals surface area contributed by atoms with E-state index in [1.54, 1.807) is 10.6 Å². The van der Waals surface area contributed by atoms with Crippen LogP contribution in [0.3, 0.4) is 0 Å². The van der Waals surface area contributed by atoms with Crippen LogP contribution in [0.25, 0.3) is 10.8 Å². The Balaban J connectivity index is 2.16. The second kappa shape index (κ2) is 7.25. The first-order valence-corrected chi connectivity index (χ1v) is 8.84. The zero-order valence-corrected chi connectivity index (χ0v) is 15.9. The molecule has 0 aliphatic rings. The molecule has 1 aromatic carbocycles. The first kappa shape index (κ1) is 18.7. The Kier molecular flexibility index (Phi) is 5.02. The van der Waals surface area contributed by atoms with Gasteiger partial charge in [-0.05, 0) is 38.3 Å². The SMILES string of the molecule is CC(C)n1c([C@H](C)Nc2nc(N)ncc2C#N)cc2cccc(Cl)c2c1=O.